The number of rotatable bonds is 4. The molecule has 0 aliphatic rings. The van der Waals surface area contributed by atoms with Gasteiger partial charge in [0, 0.05) is 13.6 Å². The molecule has 0 atom stereocenters. The molecule has 6 nitrogen and oxygen atoms in total. The van der Waals surface area contributed by atoms with E-state index in [1.807, 2.05) is 30.3 Å². The highest BCUT2D eigenvalue weighted by Crippen LogP contribution is 2.16. The van der Waals surface area contributed by atoms with Crippen LogP contribution in [-0.4, -0.2) is 32.4 Å². The van der Waals surface area contributed by atoms with E-state index in [0.717, 1.165) is 16.7 Å². The van der Waals surface area contributed by atoms with Gasteiger partial charge < -0.3 is 10.4 Å². The van der Waals surface area contributed by atoms with Crippen LogP contribution in [0.1, 0.15) is 0 Å². The number of aryl methyl sites for hydroxylation is 1. The summed E-state index contributed by atoms with van der Waals surface area (Å²) in [7, 11) is 1.75. The molecule has 0 radical (unpaired) electrons. The topological polar surface area (TPSA) is 72.1 Å². The first-order chi connectivity index (χ1) is 10.2. The lowest BCUT2D eigenvalue weighted by molar-refractivity contribution is 0.311. The molecular weight excluding hydrogens is 268 g/mol. The summed E-state index contributed by atoms with van der Waals surface area (Å²) in [5.41, 5.74) is 2.38. The molecule has 0 unspecified atom stereocenters. The lowest BCUT2D eigenvalue weighted by atomic mass is 10.3. The predicted molar refractivity (Wildman–Crippen MR) is 81.9 cm³/mol. The molecule has 1 aromatic carbocycles. The second kappa shape index (κ2) is 5.41. The third-order valence-electron chi connectivity index (χ3n) is 3.38. The number of aliphatic hydroxyl groups is 1. The smallest absolute Gasteiger partial charge is 0.334 e. The zero-order valence-corrected chi connectivity index (χ0v) is 11.7. The minimum absolute atomic E-state index is 0.0601. The summed E-state index contributed by atoms with van der Waals surface area (Å²) in [6, 6.07) is 11.2. The van der Waals surface area contributed by atoms with E-state index in [-0.39, 0.29) is 12.3 Å². The number of imidazole rings is 1. The molecule has 108 valence electrons. The van der Waals surface area contributed by atoms with Crippen molar-refractivity contribution in [2.45, 2.75) is 0 Å². The highest BCUT2D eigenvalue weighted by atomic mass is 16.3. The minimum atomic E-state index is -0.125. The monoisotopic (exact) mass is 284 g/mol. The minimum Gasteiger partial charge on any atom is -0.395 e. The van der Waals surface area contributed by atoms with Crippen LogP contribution in [-0.2, 0) is 7.05 Å². The van der Waals surface area contributed by atoms with E-state index in [4.69, 9.17) is 5.11 Å². The van der Waals surface area contributed by atoms with Gasteiger partial charge in [-0.05, 0) is 24.3 Å². The Labute approximate surface area is 121 Å². The number of nitrogens with zero attached hydrogens (tertiary/aromatic N) is 3. The van der Waals surface area contributed by atoms with E-state index < -0.39 is 0 Å². The van der Waals surface area contributed by atoms with E-state index in [2.05, 4.69) is 10.3 Å². The second-order valence-electron chi connectivity index (χ2n) is 4.72. The van der Waals surface area contributed by atoms with Gasteiger partial charge in [0.25, 0.3) is 0 Å². The second-order valence-corrected chi connectivity index (χ2v) is 4.72. The molecule has 0 fully saturated rings. The average Bonchev–Trinajstić information content (AvgIpc) is 2.78. The van der Waals surface area contributed by atoms with Crippen LogP contribution in [0.4, 0.5) is 5.69 Å². The third kappa shape index (κ3) is 2.30. The van der Waals surface area contributed by atoms with Crippen LogP contribution in [0.3, 0.4) is 0 Å². The van der Waals surface area contributed by atoms with E-state index in [1.165, 1.54) is 0 Å². The van der Waals surface area contributed by atoms with E-state index in [1.54, 1.807) is 28.4 Å². The molecule has 3 aromatic rings. The number of hydrogen-bond donors (Lipinski definition) is 2. The van der Waals surface area contributed by atoms with Crippen LogP contribution in [0.25, 0.3) is 16.9 Å². The van der Waals surface area contributed by atoms with Gasteiger partial charge in [-0.25, -0.2) is 14.3 Å². The number of benzene rings is 1. The maximum atomic E-state index is 12.4. The van der Waals surface area contributed by atoms with E-state index in [9.17, 15) is 4.79 Å². The summed E-state index contributed by atoms with van der Waals surface area (Å²) >= 11 is 0. The summed E-state index contributed by atoms with van der Waals surface area (Å²) in [5, 5.41) is 11.8. The fourth-order valence-electron chi connectivity index (χ4n) is 2.34. The number of para-hydroxylation sites is 2. The van der Waals surface area contributed by atoms with Crippen molar-refractivity contribution in [3.63, 3.8) is 0 Å². The number of aliphatic hydroxyl groups excluding tert-OH is 1. The molecule has 0 aliphatic heterocycles. The normalized spacial score (nSPS) is 11.0. The predicted octanol–water partition coefficient (Wildman–Crippen LogP) is 1.13. The molecule has 3 rings (SSSR count). The molecule has 2 N–H and O–H groups in total. The van der Waals surface area contributed by atoms with Crippen molar-refractivity contribution in [1.82, 2.24) is 14.1 Å². The van der Waals surface area contributed by atoms with Gasteiger partial charge in [0.1, 0.15) is 5.82 Å². The van der Waals surface area contributed by atoms with Gasteiger partial charge in [-0.3, -0.25) is 4.57 Å². The Morgan fingerprint density at radius 1 is 1.19 bits per heavy atom. The van der Waals surface area contributed by atoms with Gasteiger partial charge in [0.05, 0.1) is 29.5 Å². The highest BCUT2D eigenvalue weighted by molar-refractivity contribution is 5.77. The van der Waals surface area contributed by atoms with Crippen molar-refractivity contribution in [1.29, 1.82) is 0 Å². The van der Waals surface area contributed by atoms with Crippen LogP contribution in [0.5, 0.6) is 0 Å². The number of hydrogen-bond acceptors (Lipinski definition) is 4. The standard InChI is InChI=1S/C15H16N4O2/c1-18-12-4-2-3-5-13(12)19(15(18)21)14-7-6-11(10-17-14)16-8-9-20/h2-7,10,16,20H,8-9H2,1H3. The summed E-state index contributed by atoms with van der Waals surface area (Å²) in [6.45, 7) is 0.528. The fourth-order valence-corrected chi connectivity index (χ4v) is 2.34. The average molecular weight is 284 g/mol. The van der Waals surface area contributed by atoms with Crippen LogP contribution >= 0.6 is 0 Å². The molecule has 0 bridgehead atoms. The van der Waals surface area contributed by atoms with Gasteiger partial charge in [0.15, 0.2) is 0 Å². The Kier molecular flexibility index (Phi) is 3.45. The molecule has 2 heterocycles. The Morgan fingerprint density at radius 3 is 2.62 bits per heavy atom. The first kappa shape index (κ1) is 13.4. The quantitative estimate of drug-likeness (QED) is 0.753. The number of fused-ring (bicyclic) bond motifs is 1. The van der Waals surface area contributed by atoms with Crippen molar-refractivity contribution in [3.05, 3.63) is 53.1 Å². The molecule has 0 saturated heterocycles. The van der Waals surface area contributed by atoms with E-state index >= 15 is 0 Å². The van der Waals surface area contributed by atoms with Gasteiger partial charge in [-0.15, -0.1) is 0 Å². The zero-order valence-electron chi connectivity index (χ0n) is 11.7. The molecule has 0 amide bonds. The SMILES string of the molecule is Cn1c(=O)n(-c2ccc(NCCO)cn2)c2ccccc21. The molecule has 2 aromatic heterocycles. The fraction of sp³-hybridized carbons (Fsp3) is 0.200. The summed E-state index contributed by atoms with van der Waals surface area (Å²) in [4.78, 5) is 16.7. The lowest BCUT2D eigenvalue weighted by Gasteiger charge is -2.06. The summed E-state index contributed by atoms with van der Waals surface area (Å²) < 4.78 is 3.19. The highest BCUT2D eigenvalue weighted by Gasteiger charge is 2.12. The number of nitrogens with one attached hydrogen (secondary N) is 1. The zero-order chi connectivity index (χ0) is 14.8. The van der Waals surface area contributed by atoms with Gasteiger partial charge in [0.2, 0.25) is 0 Å². The first-order valence-electron chi connectivity index (χ1n) is 6.70. The maximum Gasteiger partial charge on any atom is 0.334 e. The van der Waals surface area contributed by atoms with Crippen molar-refractivity contribution < 1.29 is 5.11 Å². The first-order valence-corrected chi connectivity index (χ1v) is 6.70. The van der Waals surface area contributed by atoms with Gasteiger partial charge >= 0.3 is 5.69 Å². The van der Waals surface area contributed by atoms with Crippen molar-refractivity contribution in [2.24, 2.45) is 7.05 Å². The Hall–Kier alpha value is -2.60. The summed E-state index contributed by atoms with van der Waals surface area (Å²) in [6.07, 6.45) is 1.65. The number of pyridine rings is 1. The van der Waals surface area contributed by atoms with Crippen LogP contribution in [0.2, 0.25) is 0 Å². The van der Waals surface area contributed by atoms with Gasteiger partial charge in [-0.1, -0.05) is 12.1 Å². The summed E-state index contributed by atoms with van der Waals surface area (Å²) in [5.74, 6) is 0.575. The number of anilines is 1. The molecule has 6 heteroatoms. The van der Waals surface area contributed by atoms with Crippen LogP contribution < -0.4 is 11.0 Å². The molecule has 0 aliphatic carbocycles. The molecular formula is C15H16N4O2. The number of aromatic nitrogens is 3. The third-order valence-corrected chi connectivity index (χ3v) is 3.38. The Morgan fingerprint density at radius 2 is 1.95 bits per heavy atom. The van der Waals surface area contributed by atoms with Crippen LogP contribution in [0.15, 0.2) is 47.4 Å². The molecule has 0 saturated carbocycles. The Balaban J connectivity index is 2.08. The largest absolute Gasteiger partial charge is 0.395 e. The maximum absolute atomic E-state index is 12.4. The van der Waals surface area contributed by atoms with Crippen molar-refractivity contribution >= 4 is 16.7 Å². The lowest BCUT2D eigenvalue weighted by Crippen LogP contribution is -2.21. The van der Waals surface area contributed by atoms with E-state index in [0.29, 0.717) is 12.4 Å². The van der Waals surface area contributed by atoms with Crippen molar-refractivity contribution in [2.75, 3.05) is 18.5 Å². The molecule has 0 spiro atoms. The van der Waals surface area contributed by atoms with Crippen LogP contribution in [0, 0.1) is 0 Å². The van der Waals surface area contributed by atoms with Gasteiger partial charge in [-0.2, -0.15) is 0 Å². The van der Waals surface area contributed by atoms with Crippen molar-refractivity contribution in [3.8, 4) is 5.82 Å². The molecule has 21 heavy (non-hydrogen) atoms. The Bertz CT molecular complexity index is 818.